The molecule has 0 spiro atoms. The molecule has 19 heavy (non-hydrogen) atoms. The fraction of sp³-hybridized carbons (Fsp3) is 0.500. The van der Waals surface area contributed by atoms with Gasteiger partial charge in [0.2, 0.25) is 0 Å². The van der Waals surface area contributed by atoms with Crippen LogP contribution < -0.4 is 10.5 Å². The highest BCUT2D eigenvalue weighted by molar-refractivity contribution is 5.71. The third kappa shape index (κ3) is 4.87. The summed E-state index contributed by atoms with van der Waals surface area (Å²) in [5.41, 5.74) is 6.52. The van der Waals surface area contributed by atoms with Gasteiger partial charge in [0.05, 0.1) is 6.61 Å². The maximum atomic E-state index is 13.7. The first-order valence-corrected chi connectivity index (χ1v) is 6.39. The predicted molar refractivity (Wildman–Crippen MR) is 70.5 cm³/mol. The molecule has 1 unspecified atom stereocenters. The summed E-state index contributed by atoms with van der Waals surface area (Å²) in [5, 5.41) is 0. The Bertz CT molecular complexity index is 423. The first kappa shape index (κ1) is 15.4. The van der Waals surface area contributed by atoms with Crippen molar-refractivity contribution in [1.29, 1.82) is 0 Å². The number of esters is 1. The first-order chi connectivity index (χ1) is 9.08. The van der Waals surface area contributed by atoms with Crippen LogP contribution in [0.25, 0.3) is 0 Å². The van der Waals surface area contributed by atoms with E-state index in [4.69, 9.17) is 15.2 Å². The zero-order valence-electron chi connectivity index (χ0n) is 11.3. The van der Waals surface area contributed by atoms with Crippen molar-refractivity contribution in [3.05, 3.63) is 29.6 Å². The van der Waals surface area contributed by atoms with Crippen LogP contribution in [-0.2, 0) is 16.0 Å². The van der Waals surface area contributed by atoms with Gasteiger partial charge in [-0.3, -0.25) is 0 Å². The second-order valence-electron chi connectivity index (χ2n) is 4.19. The molecule has 2 N–H and O–H groups in total. The van der Waals surface area contributed by atoms with Crippen molar-refractivity contribution in [3.63, 3.8) is 0 Å². The number of hydrogen-bond acceptors (Lipinski definition) is 4. The lowest BCUT2D eigenvalue weighted by Gasteiger charge is -2.14. The van der Waals surface area contributed by atoms with Gasteiger partial charge in [-0.05, 0) is 31.4 Å². The van der Waals surface area contributed by atoms with Crippen LogP contribution in [0.3, 0.4) is 0 Å². The zero-order valence-corrected chi connectivity index (χ0v) is 11.3. The van der Waals surface area contributed by atoms with Crippen LogP contribution in [0.15, 0.2) is 18.2 Å². The summed E-state index contributed by atoms with van der Waals surface area (Å²) in [7, 11) is 0. The summed E-state index contributed by atoms with van der Waals surface area (Å²) >= 11 is 0. The number of rotatable bonds is 7. The number of halogens is 1. The molecule has 0 radical (unpaired) electrons. The van der Waals surface area contributed by atoms with Crippen molar-refractivity contribution >= 4 is 5.97 Å². The Morgan fingerprint density at radius 3 is 2.79 bits per heavy atom. The Balaban J connectivity index is 2.77. The van der Waals surface area contributed by atoms with Crippen LogP contribution in [0, 0.1) is 5.82 Å². The van der Waals surface area contributed by atoms with E-state index >= 15 is 0 Å². The molecule has 5 heteroatoms. The Morgan fingerprint density at radius 1 is 1.42 bits per heavy atom. The van der Waals surface area contributed by atoms with Crippen molar-refractivity contribution in [3.8, 4) is 5.75 Å². The standard InChI is InChI=1S/C14H20FNO3/c1-3-11(16)8-10-6-5-7-12(15)14(10)19-9-13(17)18-4-2/h5-7,11H,3-4,8-9,16H2,1-2H3. The molecule has 0 aliphatic heterocycles. The van der Waals surface area contributed by atoms with E-state index in [9.17, 15) is 9.18 Å². The van der Waals surface area contributed by atoms with Crippen LogP contribution in [0.2, 0.25) is 0 Å². The van der Waals surface area contributed by atoms with E-state index in [1.807, 2.05) is 6.92 Å². The molecule has 1 atom stereocenters. The number of carbonyl (C=O) groups excluding carboxylic acids is 1. The summed E-state index contributed by atoms with van der Waals surface area (Å²) in [6.45, 7) is 3.63. The van der Waals surface area contributed by atoms with Crippen molar-refractivity contribution < 1.29 is 18.7 Å². The topological polar surface area (TPSA) is 61.5 Å². The Morgan fingerprint density at radius 2 is 2.16 bits per heavy atom. The van der Waals surface area contributed by atoms with E-state index in [0.717, 1.165) is 6.42 Å². The van der Waals surface area contributed by atoms with Gasteiger partial charge in [-0.15, -0.1) is 0 Å². The third-order valence-corrected chi connectivity index (χ3v) is 2.69. The third-order valence-electron chi connectivity index (χ3n) is 2.69. The lowest BCUT2D eigenvalue weighted by molar-refractivity contribution is -0.145. The molecule has 1 aromatic carbocycles. The second-order valence-corrected chi connectivity index (χ2v) is 4.19. The molecule has 1 rings (SSSR count). The lowest BCUT2D eigenvalue weighted by Crippen LogP contribution is -2.22. The highest BCUT2D eigenvalue weighted by Crippen LogP contribution is 2.24. The molecule has 0 fully saturated rings. The minimum Gasteiger partial charge on any atom is -0.479 e. The average Bonchev–Trinajstić information content (AvgIpc) is 2.38. The van der Waals surface area contributed by atoms with Crippen molar-refractivity contribution in [1.82, 2.24) is 0 Å². The monoisotopic (exact) mass is 269 g/mol. The van der Waals surface area contributed by atoms with E-state index in [-0.39, 0.29) is 25.0 Å². The quantitative estimate of drug-likeness (QED) is 0.769. The number of para-hydroxylation sites is 1. The van der Waals surface area contributed by atoms with Crippen molar-refractivity contribution in [2.45, 2.75) is 32.7 Å². The van der Waals surface area contributed by atoms with Crippen LogP contribution in [0.5, 0.6) is 5.75 Å². The minimum atomic E-state index is -0.517. The van der Waals surface area contributed by atoms with Gasteiger partial charge in [-0.1, -0.05) is 19.1 Å². The summed E-state index contributed by atoms with van der Waals surface area (Å²) in [6, 6.07) is 4.58. The molecule has 1 aromatic rings. The normalized spacial score (nSPS) is 12.0. The number of carbonyl (C=O) groups is 1. The van der Waals surface area contributed by atoms with Crippen LogP contribution in [-0.4, -0.2) is 25.2 Å². The van der Waals surface area contributed by atoms with Crippen molar-refractivity contribution in [2.24, 2.45) is 5.73 Å². The van der Waals surface area contributed by atoms with Gasteiger partial charge in [0.15, 0.2) is 18.2 Å². The molecule has 0 heterocycles. The Hall–Kier alpha value is -1.62. The second kappa shape index (κ2) is 7.74. The minimum absolute atomic E-state index is 0.0632. The van der Waals surface area contributed by atoms with Crippen LogP contribution >= 0.6 is 0 Å². The summed E-state index contributed by atoms with van der Waals surface area (Å²) in [4.78, 5) is 11.2. The van der Waals surface area contributed by atoms with E-state index in [1.165, 1.54) is 6.07 Å². The first-order valence-electron chi connectivity index (χ1n) is 6.39. The number of ether oxygens (including phenoxy) is 2. The summed E-state index contributed by atoms with van der Waals surface area (Å²) in [6.07, 6.45) is 1.29. The Labute approximate surface area is 112 Å². The molecule has 0 amide bonds. The summed E-state index contributed by atoms with van der Waals surface area (Å²) in [5.74, 6) is -0.930. The van der Waals surface area contributed by atoms with E-state index in [1.54, 1.807) is 19.1 Å². The van der Waals surface area contributed by atoms with Gasteiger partial charge in [-0.2, -0.15) is 0 Å². The van der Waals surface area contributed by atoms with Gasteiger partial charge >= 0.3 is 5.97 Å². The predicted octanol–water partition coefficient (Wildman–Crippen LogP) is 2.05. The highest BCUT2D eigenvalue weighted by atomic mass is 19.1. The van der Waals surface area contributed by atoms with Gasteiger partial charge in [-0.25, -0.2) is 9.18 Å². The van der Waals surface area contributed by atoms with Crippen LogP contribution in [0.4, 0.5) is 4.39 Å². The van der Waals surface area contributed by atoms with Gasteiger partial charge in [0.1, 0.15) is 0 Å². The number of nitrogens with two attached hydrogens (primary N) is 1. The highest BCUT2D eigenvalue weighted by Gasteiger charge is 2.14. The smallest absolute Gasteiger partial charge is 0.344 e. The maximum absolute atomic E-state index is 13.7. The lowest BCUT2D eigenvalue weighted by atomic mass is 10.0. The largest absolute Gasteiger partial charge is 0.479 e. The summed E-state index contributed by atoms with van der Waals surface area (Å²) < 4.78 is 23.7. The SMILES string of the molecule is CCOC(=O)COc1c(F)cccc1CC(N)CC. The van der Waals surface area contributed by atoms with Gasteiger partial charge in [0, 0.05) is 6.04 Å². The average molecular weight is 269 g/mol. The Kier molecular flexibility index (Phi) is 6.29. The molecule has 0 saturated heterocycles. The molecular weight excluding hydrogens is 249 g/mol. The van der Waals surface area contributed by atoms with E-state index < -0.39 is 11.8 Å². The van der Waals surface area contributed by atoms with E-state index in [0.29, 0.717) is 12.0 Å². The maximum Gasteiger partial charge on any atom is 0.344 e. The molecule has 0 aliphatic rings. The zero-order chi connectivity index (χ0) is 14.3. The molecule has 0 bridgehead atoms. The molecule has 0 aromatic heterocycles. The molecule has 106 valence electrons. The number of benzene rings is 1. The molecular formula is C14H20FNO3. The number of hydrogen-bond donors (Lipinski definition) is 1. The van der Waals surface area contributed by atoms with E-state index in [2.05, 4.69) is 0 Å². The molecule has 0 aliphatic carbocycles. The van der Waals surface area contributed by atoms with Gasteiger partial charge in [0.25, 0.3) is 0 Å². The van der Waals surface area contributed by atoms with Crippen molar-refractivity contribution in [2.75, 3.05) is 13.2 Å². The fourth-order valence-corrected chi connectivity index (χ4v) is 1.64. The fourth-order valence-electron chi connectivity index (χ4n) is 1.64. The molecule has 0 saturated carbocycles. The van der Waals surface area contributed by atoms with Gasteiger partial charge < -0.3 is 15.2 Å². The molecule has 4 nitrogen and oxygen atoms in total. The van der Waals surface area contributed by atoms with Crippen LogP contribution in [0.1, 0.15) is 25.8 Å².